The molecular weight excluding hydrogens is 424 g/mol. The average Bonchev–Trinajstić information content (AvgIpc) is 3.44. The molecule has 2 saturated heterocycles. The van der Waals surface area contributed by atoms with Gasteiger partial charge in [0, 0.05) is 43.0 Å². The molecule has 172 valence electrons. The third-order valence-corrected chi connectivity index (χ3v) is 8.07. The zero-order valence-corrected chi connectivity index (χ0v) is 19.5. The number of nitrogens with one attached hydrogen (secondary N) is 3. The Balaban J connectivity index is 1.30. The molecule has 4 atom stereocenters. The van der Waals surface area contributed by atoms with Crippen molar-refractivity contribution in [1.29, 1.82) is 0 Å². The summed E-state index contributed by atoms with van der Waals surface area (Å²) < 4.78 is 5.51. The summed E-state index contributed by atoms with van der Waals surface area (Å²) in [6, 6.07) is 1.94. The van der Waals surface area contributed by atoms with E-state index in [4.69, 9.17) is 16.3 Å². The number of hydrogen-bond acceptors (Lipinski definition) is 5. The van der Waals surface area contributed by atoms with Crippen LogP contribution in [0.1, 0.15) is 38.2 Å². The number of amides is 1. The van der Waals surface area contributed by atoms with Crippen molar-refractivity contribution in [3.8, 4) is 0 Å². The summed E-state index contributed by atoms with van der Waals surface area (Å²) in [5.41, 5.74) is 2.18. The standard InChI is InChI=1S/C25H33ClN4O2/c1-16-23-19(5-2-8-25(16,23)29-13-17-6-10-32-11-7-17)20-12-22(28-15-21(20)26)30-24(31)18-4-3-9-27-14-18/h2,5,8,12,15-18,23,27,29H,3-4,6-7,9-11,13-14H2,1H3,(H,28,30,31). The second-order valence-corrected chi connectivity index (χ2v) is 10.1. The predicted molar refractivity (Wildman–Crippen MR) is 128 cm³/mol. The molecule has 3 heterocycles. The summed E-state index contributed by atoms with van der Waals surface area (Å²) in [4.78, 5) is 17.1. The van der Waals surface area contributed by atoms with Gasteiger partial charge in [0.2, 0.25) is 5.91 Å². The first-order chi connectivity index (χ1) is 15.6. The van der Waals surface area contributed by atoms with Crippen molar-refractivity contribution in [2.45, 2.75) is 38.1 Å². The van der Waals surface area contributed by atoms with Crippen molar-refractivity contribution in [3.63, 3.8) is 0 Å². The first-order valence-corrected chi connectivity index (χ1v) is 12.4. The van der Waals surface area contributed by atoms with E-state index in [1.54, 1.807) is 6.20 Å². The highest BCUT2D eigenvalue weighted by molar-refractivity contribution is 6.32. The van der Waals surface area contributed by atoms with Crippen LogP contribution in [0.5, 0.6) is 0 Å². The van der Waals surface area contributed by atoms with E-state index in [1.165, 1.54) is 5.57 Å². The van der Waals surface area contributed by atoms with Crippen LogP contribution >= 0.6 is 11.6 Å². The lowest BCUT2D eigenvalue weighted by Crippen LogP contribution is -2.39. The Labute approximate surface area is 195 Å². The number of ether oxygens (including phenoxy) is 1. The number of carbonyl (C=O) groups excluding carboxylic acids is 1. The fourth-order valence-corrected chi connectivity index (χ4v) is 5.89. The van der Waals surface area contributed by atoms with Crippen molar-refractivity contribution in [1.82, 2.24) is 15.6 Å². The molecule has 0 aromatic carbocycles. The quantitative estimate of drug-likeness (QED) is 0.609. The molecule has 1 amide bonds. The van der Waals surface area contributed by atoms with Gasteiger partial charge in [-0.1, -0.05) is 36.8 Å². The number of pyridine rings is 1. The fourth-order valence-electron chi connectivity index (χ4n) is 5.67. The van der Waals surface area contributed by atoms with E-state index in [9.17, 15) is 4.79 Å². The summed E-state index contributed by atoms with van der Waals surface area (Å²) in [5, 5.41) is 10.8. The summed E-state index contributed by atoms with van der Waals surface area (Å²) in [6.07, 6.45) is 12.5. The number of aromatic nitrogens is 1. The Kier molecular flexibility index (Phi) is 6.39. The molecule has 1 saturated carbocycles. The minimum Gasteiger partial charge on any atom is -0.381 e. The third-order valence-electron chi connectivity index (χ3n) is 7.76. The van der Waals surface area contributed by atoms with Gasteiger partial charge in [-0.25, -0.2) is 4.98 Å². The summed E-state index contributed by atoms with van der Waals surface area (Å²) >= 11 is 6.61. The van der Waals surface area contributed by atoms with Gasteiger partial charge in [0.1, 0.15) is 5.82 Å². The number of halogens is 1. The first kappa shape index (κ1) is 22.1. The van der Waals surface area contributed by atoms with Crippen LogP contribution < -0.4 is 16.0 Å². The van der Waals surface area contributed by atoms with E-state index in [2.05, 4.69) is 46.1 Å². The highest BCUT2D eigenvalue weighted by Crippen LogP contribution is 2.60. The second kappa shape index (κ2) is 9.26. The number of allylic oxidation sites excluding steroid dienone is 2. The van der Waals surface area contributed by atoms with E-state index in [0.29, 0.717) is 28.6 Å². The number of nitrogens with zero attached hydrogens (tertiary/aromatic N) is 1. The summed E-state index contributed by atoms with van der Waals surface area (Å²) in [6.45, 7) is 6.78. The zero-order chi connectivity index (χ0) is 22.1. The zero-order valence-electron chi connectivity index (χ0n) is 18.7. The van der Waals surface area contributed by atoms with Crippen LogP contribution in [-0.4, -0.2) is 49.3 Å². The highest BCUT2D eigenvalue weighted by Gasteiger charge is 2.62. The molecule has 1 aromatic heterocycles. The molecule has 7 heteroatoms. The van der Waals surface area contributed by atoms with Gasteiger partial charge >= 0.3 is 0 Å². The van der Waals surface area contributed by atoms with Crippen LogP contribution in [-0.2, 0) is 9.53 Å². The van der Waals surface area contributed by atoms with Crippen molar-refractivity contribution >= 4 is 28.9 Å². The van der Waals surface area contributed by atoms with E-state index >= 15 is 0 Å². The van der Waals surface area contributed by atoms with Gasteiger partial charge in [0.05, 0.1) is 10.9 Å². The molecule has 3 N–H and O–H groups in total. The smallest absolute Gasteiger partial charge is 0.229 e. The molecule has 32 heavy (non-hydrogen) atoms. The van der Waals surface area contributed by atoms with Crippen molar-refractivity contribution in [2.75, 3.05) is 38.2 Å². The monoisotopic (exact) mass is 456 g/mol. The van der Waals surface area contributed by atoms with Crippen LogP contribution in [0.4, 0.5) is 5.82 Å². The molecule has 0 bridgehead atoms. The van der Waals surface area contributed by atoms with Crippen LogP contribution in [0.15, 0.2) is 30.5 Å². The topological polar surface area (TPSA) is 75.3 Å². The molecule has 1 aromatic rings. The number of hydrogen-bond donors (Lipinski definition) is 3. The number of anilines is 1. The Morgan fingerprint density at radius 1 is 1.34 bits per heavy atom. The predicted octanol–water partition coefficient (Wildman–Crippen LogP) is 3.65. The van der Waals surface area contributed by atoms with Crippen molar-refractivity contribution < 1.29 is 9.53 Å². The molecular formula is C25H33ClN4O2. The van der Waals surface area contributed by atoms with Crippen LogP contribution in [0.25, 0.3) is 5.57 Å². The summed E-state index contributed by atoms with van der Waals surface area (Å²) in [7, 11) is 0. The normalized spacial score (nSPS) is 32.2. The number of fused-ring (bicyclic) bond motifs is 1. The molecule has 0 spiro atoms. The maximum absolute atomic E-state index is 12.7. The van der Waals surface area contributed by atoms with Crippen LogP contribution in [0, 0.1) is 23.7 Å². The van der Waals surface area contributed by atoms with Gasteiger partial charge in [0.25, 0.3) is 0 Å². The SMILES string of the molecule is CC1C2C(c3cc(NC(=O)C4CCCNC4)ncc3Cl)=CC=CC12NCC1CCOCC1. The maximum atomic E-state index is 12.7. The second-order valence-electron chi connectivity index (χ2n) is 9.70. The Morgan fingerprint density at radius 2 is 2.19 bits per heavy atom. The van der Waals surface area contributed by atoms with Gasteiger partial charge in [-0.05, 0) is 62.2 Å². The Bertz CT molecular complexity index is 921. The molecule has 4 unspecified atom stereocenters. The first-order valence-electron chi connectivity index (χ1n) is 12.0. The van der Waals surface area contributed by atoms with Crippen molar-refractivity contribution in [2.24, 2.45) is 23.7 Å². The molecule has 5 rings (SSSR count). The van der Waals surface area contributed by atoms with Gasteiger partial charge < -0.3 is 20.7 Å². The minimum atomic E-state index is -0.00777. The molecule has 2 aliphatic carbocycles. The van der Waals surface area contributed by atoms with Crippen LogP contribution in [0.2, 0.25) is 5.02 Å². The van der Waals surface area contributed by atoms with Crippen molar-refractivity contribution in [3.05, 3.63) is 41.1 Å². The Morgan fingerprint density at radius 3 is 2.97 bits per heavy atom. The fraction of sp³-hybridized carbons (Fsp3) is 0.600. The van der Waals surface area contributed by atoms with Gasteiger partial charge in [-0.3, -0.25) is 4.79 Å². The number of piperidine rings is 1. The maximum Gasteiger partial charge on any atom is 0.229 e. The lowest BCUT2D eigenvalue weighted by Gasteiger charge is -2.27. The molecule has 6 nitrogen and oxygen atoms in total. The lowest BCUT2D eigenvalue weighted by molar-refractivity contribution is -0.120. The van der Waals surface area contributed by atoms with Gasteiger partial charge in [-0.2, -0.15) is 0 Å². The van der Waals surface area contributed by atoms with E-state index in [1.807, 2.05) is 6.07 Å². The third kappa shape index (κ3) is 4.26. The van der Waals surface area contributed by atoms with E-state index < -0.39 is 0 Å². The van der Waals surface area contributed by atoms with E-state index in [0.717, 1.165) is 64.1 Å². The summed E-state index contributed by atoms with van der Waals surface area (Å²) in [5.74, 6) is 2.13. The lowest BCUT2D eigenvalue weighted by atomic mass is 9.93. The number of rotatable bonds is 6. The van der Waals surface area contributed by atoms with Gasteiger partial charge in [0.15, 0.2) is 0 Å². The Hall–Kier alpha value is -1.73. The van der Waals surface area contributed by atoms with E-state index in [-0.39, 0.29) is 17.4 Å². The van der Waals surface area contributed by atoms with Crippen LogP contribution in [0.3, 0.4) is 0 Å². The molecule has 4 aliphatic rings. The van der Waals surface area contributed by atoms with Gasteiger partial charge in [-0.15, -0.1) is 0 Å². The average molecular weight is 457 g/mol. The highest BCUT2D eigenvalue weighted by atomic mass is 35.5. The molecule has 2 aliphatic heterocycles. The molecule has 3 fully saturated rings. The number of carbonyl (C=O) groups is 1. The minimum absolute atomic E-state index is 0.00741. The molecule has 0 radical (unpaired) electrons. The largest absolute Gasteiger partial charge is 0.381 e.